The second-order valence-electron chi connectivity index (χ2n) is 10.0. The summed E-state index contributed by atoms with van der Waals surface area (Å²) in [6.07, 6.45) is 7.61. The van der Waals surface area contributed by atoms with Gasteiger partial charge in [0.2, 0.25) is 0 Å². The zero-order valence-electron chi connectivity index (χ0n) is 21.1. The molecule has 4 aromatic carbocycles. The first-order valence-electron chi connectivity index (χ1n) is 12.9. The Labute approximate surface area is 233 Å². The Morgan fingerprint density at radius 1 is 0.921 bits per heavy atom. The van der Waals surface area contributed by atoms with E-state index in [4.69, 9.17) is 32.9 Å². The van der Waals surface area contributed by atoms with E-state index in [9.17, 15) is 0 Å². The number of anilines is 1. The molecule has 190 valence electrons. The van der Waals surface area contributed by atoms with Gasteiger partial charge in [0, 0.05) is 33.4 Å². The first-order valence-corrected chi connectivity index (χ1v) is 13.6. The van der Waals surface area contributed by atoms with Crippen LogP contribution in [0.1, 0.15) is 46.2 Å². The topological polar surface area (TPSA) is 33.6 Å². The van der Waals surface area contributed by atoms with Crippen molar-refractivity contribution in [2.24, 2.45) is 10.9 Å². The molecular formula is C33H28Cl2N2O. The summed E-state index contributed by atoms with van der Waals surface area (Å²) in [4.78, 5) is 4.73. The maximum Gasteiger partial charge on any atom is 0.128 e. The molecule has 0 aromatic heterocycles. The maximum atomic E-state index is 6.28. The normalized spacial score (nSPS) is 19.7. The molecule has 3 atom stereocenters. The molecule has 0 bridgehead atoms. The molecule has 0 saturated heterocycles. The lowest BCUT2D eigenvalue weighted by Crippen LogP contribution is -2.29. The molecule has 38 heavy (non-hydrogen) atoms. The van der Waals surface area contributed by atoms with Crippen LogP contribution in [-0.2, 0) is 6.61 Å². The SMILES string of the molecule is Cc1ccc2c(c1)[C@@H]1C=CC[C@@H]1[C@@H](c1ccc(N=Cc3cc(Cl)ccc3OCc3ccc(Cl)cc3)cc1)N2. The quantitative estimate of drug-likeness (QED) is 0.196. The largest absolute Gasteiger partial charge is 0.488 e. The lowest BCUT2D eigenvalue weighted by molar-refractivity contribution is 0.306. The fourth-order valence-corrected chi connectivity index (χ4v) is 5.76. The van der Waals surface area contributed by atoms with Crippen LogP contribution in [0.2, 0.25) is 10.0 Å². The first-order chi connectivity index (χ1) is 18.5. The Bertz CT molecular complexity index is 1510. The minimum atomic E-state index is 0.268. The molecule has 4 aromatic rings. The standard InChI is InChI=1S/C33H28Cl2N2O/c1-21-5-15-31-30(17-21)28-3-2-4-29(28)33(37-31)23-8-13-27(14-9-23)36-19-24-18-26(35)12-16-32(24)38-20-22-6-10-25(34)11-7-22/h2-3,5-19,28-29,33,37H,4,20H2,1H3/t28-,29+,33-/m1/s1. The number of rotatable bonds is 6. The van der Waals surface area contributed by atoms with Gasteiger partial charge in [-0.2, -0.15) is 0 Å². The molecule has 0 spiro atoms. The van der Waals surface area contributed by atoms with Gasteiger partial charge in [0.25, 0.3) is 0 Å². The van der Waals surface area contributed by atoms with Gasteiger partial charge < -0.3 is 10.1 Å². The van der Waals surface area contributed by atoms with Crippen molar-refractivity contribution in [3.05, 3.63) is 135 Å². The number of nitrogens with one attached hydrogen (secondary N) is 1. The monoisotopic (exact) mass is 538 g/mol. The van der Waals surface area contributed by atoms with E-state index in [0.717, 1.165) is 29.0 Å². The van der Waals surface area contributed by atoms with Crippen LogP contribution in [0.15, 0.2) is 102 Å². The minimum Gasteiger partial charge on any atom is -0.488 e. The van der Waals surface area contributed by atoms with Crippen molar-refractivity contribution in [1.29, 1.82) is 0 Å². The summed E-state index contributed by atoms with van der Waals surface area (Å²) < 4.78 is 6.07. The fourth-order valence-electron chi connectivity index (χ4n) is 5.45. The lowest BCUT2D eigenvalue weighted by atomic mass is 9.76. The van der Waals surface area contributed by atoms with Gasteiger partial charge in [-0.05, 0) is 84.5 Å². The highest BCUT2D eigenvalue weighted by Gasteiger charge is 2.37. The molecule has 6 rings (SSSR count). The highest BCUT2D eigenvalue weighted by Crippen LogP contribution is 2.50. The van der Waals surface area contributed by atoms with Gasteiger partial charge in [-0.3, -0.25) is 4.99 Å². The second-order valence-corrected chi connectivity index (χ2v) is 10.9. The van der Waals surface area contributed by atoms with Crippen molar-refractivity contribution in [2.75, 3.05) is 5.32 Å². The van der Waals surface area contributed by atoms with E-state index < -0.39 is 0 Å². The number of hydrogen-bond donors (Lipinski definition) is 1. The average Bonchev–Trinajstić information content (AvgIpc) is 3.43. The molecule has 1 heterocycles. The molecule has 0 fully saturated rings. The van der Waals surface area contributed by atoms with Crippen LogP contribution >= 0.6 is 23.2 Å². The summed E-state index contributed by atoms with van der Waals surface area (Å²) in [5, 5.41) is 5.16. The molecule has 1 aliphatic carbocycles. The van der Waals surface area contributed by atoms with Crippen molar-refractivity contribution >= 4 is 40.8 Å². The number of allylic oxidation sites excluding steroid dienone is 2. The predicted octanol–water partition coefficient (Wildman–Crippen LogP) is 9.46. The van der Waals surface area contributed by atoms with Crippen LogP contribution in [0, 0.1) is 12.8 Å². The minimum absolute atomic E-state index is 0.268. The van der Waals surface area contributed by atoms with Crippen LogP contribution in [0.4, 0.5) is 11.4 Å². The molecule has 1 N–H and O–H groups in total. The van der Waals surface area contributed by atoms with Crippen molar-refractivity contribution in [3.8, 4) is 5.75 Å². The maximum absolute atomic E-state index is 6.28. The second kappa shape index (κ2) is 10.7. The summed E-state index contributed by atoms with van der Waals surface area (Å²) in [5.74, 6) is 1.71. The van der Waals surface area contributed by atoms with Crippen molar-refractivity contribution in [2.45, 2.75) is 31.9 Å². The lowest BCUT2D eigenvalue weighted by Gasteiger charge is -2.37. The van der Waals surface area contributed by atoms with Gasteiger partial charge >= 0.3 is 0 Å². The number of aryl methyl sites for hydroxylation is 1. The molecule has 0 radical (unpaired) electrons. The molecule has 2 aliphatic rings. The summed E-state index contributed by atoms with van der Waals surface area (Å²) >= 11 is 12.3. The zero-order valence-corrected chi connectivity index (χ0v) is 22.6. The van der Waals surface area contributed by atoms with Gasteiger partial charge in [0.15, 0.2) is 0 Å². The van der Waals surface area contributed by atoms with Gasteiger partial charge in [-0.1, -0.05) is 77.3 Å². The highest BCUT2D eigenvalue weighted by atomic mass is 35.5. The first kappa shape index (κ1) is 24.8. The number of halogens is 2. The van der Waals surface area contributed by atoms with Crippen LogP contribution in [0.5, 0.6) is 5.75 Å². The predicted molar refractivity (Wildman–Crippen MR) is 158 cm³/mol. The third kappa shape index (κ3) is 5.22. The average molecular weight is 540 g/mol. The van der Waals surface area contributed by atoms with Crippen LogP contribution in [0.25, 0.3) is 0 Å². The summed E-state index contributed by atoms with van der Waals surface area (Å²) in [5.41, 5.74) is 7.99. The number of ether oxygens (including phenoxy) is 1. The van der Waals surface area contributed by atoms with Gasteiger partial charge in [-0.15, -0.1) is 0 Å². The van der Waals surface area contributed by atoms with E-state index in [1.807, 2.05) is 48.7 Å². The zero-order chi connectivity index (χ0) is 26.1. The van der Waals surface area contributed by atoms with Crippen LogP contribution < -0.4 is 10.1 Å². The molecule has 3 nitrogen and oxygen atoms in total. The van der Waals surface area contributed by atoms with Gasteiger partial charge in [0.05, 0.1) is 11.7 Å². The Morgan fingerprint density at radius 3 is 2.53 bits per heavy atom. The summed E-state index contributed by atoms with van der Waals surface area (Å²) in [7, 11) is 0. The van der Waals surface area contributed by atoms with E-state index in [-0.39, 0.29) is 6.04 Å². The molecular weight excluding hydrogens is 511 g/mol. The van der Waals surface area contributed by atoms with E-state index in [1.54, 1.807) is 0 Å². The number of aliphatic imine (C=N–C) groups is 1. The van der Waals surface area contributed by atoms with E-state index >= 15 is 0 Å². The Hall–Kier alpha value is -3.53. The van der Waals surface area contributed by atoms with Gasteiger partial charge in [-0.25, -0.2) is 0 Å². The van der Waals surface area contributed by atoms with E-state index in [1.165, 1.54) is 22.4 Å². The third-order valence-corrected chi connectivity index (χ3v) is 7.89. The van der Waals surface area contributed by atoms with Crippen LogP contribution in [-0.4, -0.2) is 6.21 Å². The van der Waals surface area contributed by atoms with E-state index in [0.29, 0.717) is 28.5 Å². The Kier molecular flexibility index (Phi) is 6.97. The third-order valence-electron chi connectivity index (χ3n) is 7.40. The van der Waals surface area contributed by atoms with Crippen molar-refractivity contribution in [1.82, 2.24) is 0 Å². The molecule has 0 unspecified atom stereocenters. The fraction of sp³-hybridized carbons (Fsp3) is 0.182. The van der Waals surface area contributed by atoms with Gasteiger partial charge in [0.1, 0.15) is 12.4 Å². The Morgan fingerprint density at radius 2 is 1.71 bits per heavy atom. The number of fused-ring (bicyclic) bond motifs is 3. The summed E-state index contributed by atoms with van der Waals surface area (Å²) in [6.45, 7) is 2.60. The molecule has 0 amide bonds. The number of benzene rings is 4. The van der Waals surface area contributed by atoms with Crippen molar-refractivity contribution < 1.29 is 4.74 Å². The molecule has 0 saturated carbocycles. The summed E-state index contributed by atoms with van der Waals surface area (Å²) in [6, 6.07) is 28.7. The van der Waals surface area contributed by atoms with E-state index in [2.05, 4.69) is 66.9 Å². The Balaban J connectivity index is 1.19. The van der Waals surface area contributed by atoms with Crippen LogP contribution in [0.3, 0.4) is 0 Å². The number of nitrogens with zero attached hydrogens (tertiary/aromatic N) is 1. The highest BCUT2D eigenvalue weighted by molar-refractivity contribution is 6.31. The smallest absolute Gasteiger partial charge is 0.128 e. The molecule has 1 aliphatic heterocycles. The number of hydrogen-bond acceptors (Lipinski definition) is 3. The van der Waals surface area contributed by atoms with Crippen molar-refractivity contribution in [3.63, 3.8) is 0 Å². The molecule has 5 heteroatoms.